The fourth-order valence-electron chi connectivity index (χ4n) is 1.75. The highest BCUT2D eigenvalue weighted by Gasteiger charge is 2.06. The molecule has 0 radical (unpaired) electrons. The number of rotatable bonds is 6. The molecule has 2 rings (SSSR count). The molecule has 0 saturated heterocycles. The Bertz CT molecular complexity index is 620. The molecule has 0 spiro atoms. The molecule has 4 nitrogen and oxygen atoms in total. The van der Waals surface area contributed by atoms with E-state index in [1.54, 1.807) is 0 Å². The topological polar surface area (TPSA) is 47.0 Å². The fourth-order valence-corrected chi connectivity index (χ4v) is 1.75. The van der Waals surface area contributed by atoms with Gasteiger partial charge < -0.3 is 10.1 Å². The summed E-state index contributed by atoms with van der Waals surface area (Å²) >= 11 is 0. The number of halogens is 2. The molecular formula is C15H17F2N3O. The highest BCUT2D eigenvalue weighted by atomic mass is 19.2. The maximum Gasteiger partial charge on any atom is 0.168 e. The third kappa shape index (κ3) is 4.37. The lowest BCUT2D eigenvalue weighted by atomic mass is 10.3. The molecule has 0 amide bonds. The van der Waals surface area contributed by atoms with Gasteiger partial charge in [0, 0.05) is 24.4 Å². The second-order valence-corrected chi connectivity index (χ2v) is 4.60. The number of nitrogens with one attached hydrogen (secondary N) is 1. The van der Waals surface area contributed by atoms with Crippen molar-refractivity contribution in [2.24, 2.45) is 0 Å². The largest absolute Gasteiger partial charge is 0.486 e. The lowest BCUT2D eigenvalue weighted by Crippen LogP contribution is -2.08. The van der Waals surface area contributed by atoms with Crippen molar-refractivity contribution in [2.45, 2.75) is 26.9 Å². The maximum absolute atomic E-state index is 13.1. The summed E-state index contributed by atoms with van der Waals surface area (Å²) in [5, 5.41) is 3.17. The van der Waals surface area contributed by atoms with Gasteiger partial charge in [-0.25, -0.2) is 18.7 Å². The Morgan fingerprint density at radius 2 is 1.95 bits per heavy atom. The first kappa shape index (κ1) is 15.2. The molecule has 0 bridgehead atoms. The molecule has 1 aromatic heterocycles. The molecule has 0 fully saturated rings. The first-order valence-electron chi connectivity index (χ1n) is 6.74. The van der Waals surface area contributed by atoms with Crippen molar-refractivity contribution in [1.29, 1.82) is 0 Å². The van der Waals surface area contributed by atoms with E-state index in [0.717, 1.165) is 36.6 Å². The summed E-state index contributed by atoms with van der Waals surface area (Å²) in [6.45, 7) is 4.83. The third-order valence-corrected chi connectivity index (χ3v) is 2.72. The van der Waals surface area contributed by atoms with Crippen LogP contribution < -0.4 is 10.1 Å². The van der Waals surface area contributed by atoms with E-state index in [9.17, 15) is 8.78 Å². The summed E-state index contributed by atoms with van der Waals surface area (Å²) in [5.41, 5.74) is 0.812. The highest BCUT2D eigenvalue weighted by molar-refractivity contribution is 5.35. The summed E-state index contributed by atoms with van der Waals surface area (Å²) in [6, 6.07) is 5.23. The number of anilines is 1. The second-order valence-electron chi connectivity index (χ2n) is 4.60. The minimum atomic E-state index is -0.942. The molecule has 1 aromatic carbocycles. The van der Waals surface area contributed by atoms with Gasteiger partial charge in [0.15, 0.2) is 17.5 Å². The van der Waals surface area contributed by atoms with Crippen molar-refractivity contribution in [3.05, 3.63) is 47.4 Å². The Balaban J connectivity index is 2.05. The van der Waals surface area contributed by atoms with E-state index >= 15 is 0 Å². The second kappa shape index (κ2) is 6.97. The van der Waals surface area contributed by atoms with Crippen molar-refractivity contribution >= 4 is 5.82 Å². The molecule has 0 aliphatic carbocycles. The van der Waals surface area contributed by atoms with E-state index in [2.05, 4.69) is 22.2 Å². The quantitative estimate of drug-likeness (QED) is 0.886. The van der Waals surface area contributed by atoms with Crippen molar-refractivity contribution in [3.8, 4) is 5.75 Å². The molecule has 112 valence electrons. The molecule has 2 aromatic rings. The summed E-state index contributed by atoms with van der Waals surface area (Å²) < 4.78 is 31.3. The van der Waals surface area contributed by atoms with Crippen LogP contribution in [0.4, 0.5) is 14.6 Å². The Kier molecular flexibility index (Phi) is 5.03. The van der Waals surface area contributed by atoms with Crippen LogP contribution in [0.5, 0.6) is 5.75 Å². The van der Waals surface area contributed by atoms with E-state index in [1.807, 2.05) is 13.0 Å². The molecular weight excluding hydrogens is 276 g/mol. The van der Waals surface area contributed by atoms with Gasteiger partial charge in [0.05, 0.1) is 0 Å². The first-order chi connectivity index (χ1) is 10.1. The maximum atomic E-state index is 13.1. The zero-order chi connectivity index (χ0) is 15.2. The van der Waals surface area contributed by atoms with Gasteiger partial charge in [0.2, 0.25) is 0 Å². The van der Waals surface area contributed by atoms with Crippen LogP contribution in [-0.4, -0.2) is 16.5 Å². The van der Waals surface area contributed by atoms with Gasteiger partial charge in [-0.05, 0) is 25.5 Å². The van der Waals surface area contributed by atoms with E-state index in [-0.39, 0.29) is 12.4 Å². The molecule has 21 heavy (non-hydrogen) atoms. The average molecular weight is 293 g/mol. The number of aryl methyl sites for hydroxylation is 1. The lowest BCUT2D eigenvalue weighted by Gasteiger charge is -2.09. The minimum absolute atomic E-state index is 0.0908. The van der Waals surface area contributed by atoms with E-state index in [4.69, 9.17) is 4.74 Å². The minimum Gasteiger partial charge on any atom is -0.486 e. The van der Waals surface area contributed by atoms with Gasteiger partial charge in [0.1, 0.15) is 18.2 Å². The lowest BCUT2D eigenvalue weighted by molar-refractivity contribution is 0.293. The summed E-state index contributed by atoms with van der Waals surface area (Å²) in [5.74, 6) is -0.392. The van der Waals surface area contributed by atoms with Crippen LogP contribution in [0.25, 0.3) is 0 Å². The number of benzene rings is 1. The Labute approximate surface area is 122 Å². The third-order valence-electron chi connectivity index (χ3n) is 2.72. The molecule has 0 aliphatic heterocycles. The standard InChI is InChI=1S/C15H17F2N3O/c1-3-6-18-14-7-10(2)19-15(20-14)9-21-11-4-5-12(16)13(17)8-11/h4-5,7-8H,3,6,9H2,1-2H3,(H,18,19,20). The predicted octanol–water partition coefficient (Wildman–Crippen LogP) is 3.46. The highest BCUT2D eigenvalue weighted by Crippen LogP contribution is 2.16. The van der Waals surface area contributed by atoms with Gasteiger partial charge in [-0.2, -0.15) is 0 Å². The average Bonchev–Trinajstić information content (AvgIpc) is 2.46. The monoisotopic (exact) mass is 293 g/mol. The predicted molar refractivity (Wildman–Crippen MR) is 76.2 cm³/mol. The van der Waals surface area contributed by atoms with Crippen molar-refractivity contribution in [1.82, 2.24) is 9.97 Å². The van der Waals surface area contributed by atoms with Crippen molar-refractivity contribution in [3.63, 3.8) is 0 Å². The molecule has 1 heterocycles. The van der Waals surface area contributed by atoms with E-state index in [1.165, 1.54) is 6.07 Å². The zero-order valence-corrected chi connectivity index (χ0v) is 12.0. The van der Waals surface area contributed by atoms with Crippen LogP contribution in [0, 0.1) is 18.6 Å². The number of aromatic nitrogens is 2. The van der Waals surface area contributed by atoms with Gasteiger partial charge in [-0.1, -0.05) is 6.92 Å². The SMILES string of the molecule is CCCNc1cc(C)nc(COc2ccc(F)c(F)c2)n1. The van der Waals surface area contributed by atoms with Crippen LogP contribution in [-0.2, 0) is 6.61 Å². The van der Waals surface area contributed by atoms with Crippen LogP contribution in [0.3, 0.4) is 0 Å². The molecule has 0 atom stereocenters. The van der Waals surface area contributed by atoms with E-state index in [0.29, 0.717) is 5.82 Å². The summed E-state index contributed by atoms with van der Waals surface area (Å²) in [7, 11) is 0. The van der Waals surface area contributed by atoms with Crippen LogP contribution in [0.2, 0.25) is 0 Å². The Morgan fingerprint density at radius 1 is 1.14 bits per heavy atom. The van der Waals surface area contributed by atoms with Crippen LogP contribution >= 0.6 is 0 Å². The smallest absolute Gasteiger partial charge is 0.168 e. The van der Waals surface area contributed by atoms with Crippen LogP contribution in [0.1, 0.15) is 24.9 Å². The number of ether oxygens (including phenoxy) is 1. The zero-order valence-electron chi connectivity index (χ0n) is 12.0. The fraction of sp³-hybridized carbons (Fsp3) is 0.333. The van der Waals surface area contributed by atoms with Crippen LogP contribution in [0.15, 0.2) is 24.3 Å². The van der Waals surface area contributed by atoms with Crippen molar-refractivity contribution in [2.75, 3.05) is 11.9 Å². The molecule has 1 N–H and O–H groups in total. The van der Waals surface area contributed by atoms with Gasteiger partial charge in [0.25, 0.3) is 0 Å². The van der Waals surface area contributed by atoms with Gasteiger partial charge in [-0.15, -0.1) is 0 Å². The molecule has 0 unspecified atom stereocenters. The number of hydrogen-bond acceptors (Lipinski definition) is 4. The normalized spacial score (nSPS) is 10.5. The summed E-state index contributed by atoms with van der Waals surface area (Å²) in [4.78, 5) is 8.56. The van der Waals surface area contributed by atoms with E-state index < -0.39 is 11.6 Å². The first-order valence-corrected chi connectivity index (χ1v) is 6.74. The molecule has 0 aliphatic rings. The van der Waals surface area contributed by atoms with Gasteiger partial charge >= 0.3 is 0 Å². The number of nitrogens with zero attached hydrogens (tertiary/aromatic N) is 2. The molecule has 6 heteroatoms. The summed E-state index contributed by atoms with van der Waals surface area (Å²) in [6.07, 6.45) is 0.990. The van der Waals surface area contributed by atoms with Crippen molar-refractivity contribution < 1.29 is 13.5 Å². The number of hydrogen-bond donors (Lipinski definition) is 1. The van der Waals surface area contributed by atoms with Gasteiger partial charge in [-0.3, -0.25) is 0 Å². The Hall–Kier alpha value is -2.24. The molecule has 0 saturated carbocycles. The Morgan fingerprint density at radius 3 is 2.67 bits per heavy atom.